The van der Waals surface area contributed by atoms with Crippen LogP contribution in [-0.2, 0) is 13.6 Å². The van der Waals surface area contributed by atoms with E-state index in [2.05, 4.69) is 25.6 Å². The maximum absolute atomic E-state index is 13.2. The third-order valence-electron chi connectivity index (χ3n) is 4.46. The lowest BCUT2D eigenvalue weighted by atomic mass is 10.1. The van der Waals surface area contributed by atoms with Gasteiger partial charge in [0.2, 0.25) is 5.95 Å². The average Bonchev–Trinajstić information content (AvgIpc) is 2.77. The van der Waals surface area contributed by atoms with Crippen molar-refractivity contribution in [1.29, 1.82) is 0 Å². The van der Waals surface area contributed by atoms with Crippen molar-refractivity contribution >= 4 is 30.4 Å². The number of rotatable bonds is 11. The molecule has 184 valence electrons. The van der Waals surface area contributed by atoms with E-state index in [4.69, 9.17) is 9.05 Å². The van der Waals surface area contributed by atoms with Gasteiger partial charge in [0.25, 0.3) is 0 Å². The number of fused-ring (bicyclic) bond motifs is 1. The third-order valence-corrected chi connectivity index (χ3v) is 6.53. The molecule has 8 nitrogen and oxygen atoms in total. The summed E-state index contributed by atoms with van der Waals surface area (Å²) in [5.41, 5.74) is 1.40. The van der Waals surface area contributed by atoms with Crippen molar-refractivity contribution in [2.75, 3.05) is 43.1 Å². The molecule has 2 heterocycles. The van der Waals surface area contributed by atoms with Crippen molar-refractivity contribution in [2.24, 2.45) is 0 Å². The van der Waals surface area contributed by atoms with Gasteiger partial charge in [-0.3, -0.25) is 4.57 Å². The van der Waals surface area contributed by atoms with E-state index in [1.54, 1.807) is 26.0 Å². The molecule has 3 aromatic rings. The van der Waals surface area contributed by atoms with Crippen LogP contribution in [0.4, 0.5) is 29.3 Å². The largest absolute Gasteiger partial charge is 0.405 e. The Morgan fingerprint density at radius 2 is 1.62 bits per heavy atom. The number of benzene rings is 1. The Kier molecular flexibility index (Phi) is 8.40. The Hall–Kier alpha value is -2.82. The highest BCUT2D eigenvalue weighted by molar-refractivity contribution is 7.53. The van der Waals surface area contributed by atoms with Gasteiger partial charge in [-0.2, -0.15) is 18.2 Å². The Balaban J connectivity index is 1.90. The molecule has 0 spiro atoms. The van der Waals surface area contributed by atoms with Crippen LogP contribution < -0.4 is 10.6 Å². The molecule has 34 heavy (non-hydrogen) atoms. The molecule has 13 heteroatoms. The molecule has 0 atom stereocenters. The number of nitrogens with zero attached hydrogens (tertiary/aromatic N) is 3. The second-order valence-electron chi connectivity index (χ2n) is 7.03. The van der Waals surface area contributed by atoms with E-state index < -0.39 is 26.1 Å². The van der Waals surface area contributed by atoms with Crippen LogP contribution in [0, 0.1) is 5.82 Å². The van der Waals surface area contributed by atoms with E-state index in [-0.39, 0.29) is 48.7 Å². The van der Waals surface area contributed by atoms with Crippen molar-refractivity contribution in [1.82, 2.24) is 15.0 Å². The van der Waals surface area contributed by atoms with E-state index in [1.165, 1.54) is 24.3 Å². The van der Waals surface area contributed by atoms with Gasteiger partial charge in [-0.05, 0) is 50.2 Å². The van der Waals surface area contributed by atoms with E-state index in [1.807, 2.05) is 0 Å². The van der Waals surface area contributed by atoms with Gasteiger partial charge >= 0.3 is 13.8 Å². The molecule has 0 aliphatic carbocycles. The predicted octanol–water partition coefficient (Wildman–Crippen LogP) is 5.48. The van der Waals surface area contributed by atoms with Gasteiger partial charge in [0, 0.05) is 12.1 Å². The highest BCUT2D eigenvalue weighted by Gasteiger charge is 2.28. The second kappa shape index (κ2) is 11.1. The first-order valence-electron chi connectivity index (χ1n) is 10.5. The Morgan fingerprint density at radius 3 is 2.24 bits per heavy atom. The molecule has 0 saturated carbocycles. The minimum atomic E-state index is -4.49. The zero-order valence-corrected chi connectivity index (χ0v) is 19.4. The van der Waals surface area contributed by atoms with Crippen LogP contribution in [0.25, 0.3) is 22.3 Å². The van der Waals surface area contributed by atoms with Crippen molar-refractivity contribution in [2.45, 2.75) is 20.0 Å². The number of nitrogens with one attached hydrogen (secondary N) is 2. The number of hydrogen-bond donors (Lipinski definition) is 2. The van der Waals surface area contributed by atoms with Crippen LogP contribution in [0.1, 0.15) is 13.8 Å². The summed E-state index contributed by atoms with van der Waals surface area (Å²) in [6, 6.07) is 8.75. The van der Waals surface area contributed by atoms with Crippen LogP contribution in [0.3, 0.4) is 0 Å². The SMILES string of the molecule is CCOP(=O)(CCNc1nc(NCC(F)(F)F)c2nc(-c3ccc(F)cc3)ccc2n1)OCC. The van der Waals surface area contributed by atoms with Crippen molar-refractivity contribution in [3.05, 3.63) is 42.2 Å². The van der Waals surface area contributed by atoms with Gasteiger partial charge < -0.3 is 19.7 Å². The Bertz CT molecular complexity index is 1150. The van der Waals surface area contributed by atoms with Crippen molar-refractivity contribution in [3.63, 3.8) is 0 Å². The monoisotopic (exact) mass is 501 g/mol. The fourth-order valence-corrected chi connectivity index (χ4v) is 4.55. The fraction of sp³-hybridized carbons (Fsp3) is 0.381. The zero-order chi connectivity index (χ0) is 24.8. The molecule has 0 aliphatic heterocycles. The molecule has 0 radical (unpaired) electrons. The van der Waals surface area contributed by atoms with Crippen LogP contribution in [0.15, 0.2) is 36.4 Å². The van der Waals surface area contributed by atoms with Gasteiger partial charge in [0.1, 0.15) is 17.9 Å². The molecule has 0 bridgehead atoms. The van der Waals surface area contributed by atoms with Gasteiger partial charge in [0.05, 0.1) is 30.6 Å². The number of anilines is 2. The summed E-state index contributed by atoms with van der Waals surface area (Å²) in [5, 5.41) is 5.11. The summed E-state index contributed by atoms with van der Waals surface area (Å²) in [7, 11) is -3.32. The lowest BCUT2D eigenvalue weighted by Crippen LogP contribution is -2.22. The van der Waals surface area contributed by atoms with E-state index in [0.717, 1.165) is 0 Å². The predicted molar refractivity (Wildman–Crippen MR) is 121 cm³/mol. The van der Waals surface area contributed by atoms with E-state index in [0.29, 0.717) is 11.3 Å². The minimum Gasteiger partial charge on any atom is -0.359 e. The topological polar surface area (TPSA) is 98.3 Å². The van der Waals surface area contributed by atoms with E-state index in [9.17, 15) is 22.1 Å². The number of pyridine rings is 1. The maximum atomic E-state index is 13.2. The molecule has 3 rings (SSSR count). The lowest BCUT2D eigenvalue weighted by Gasteiger charge is -2.17. The molecule has 0 unspecified atom stereocenters. The summed E-state index contributed by atoms with van der Waals surface area (Å²) < 4.78 is 74.9. The van der Waals surface area contributed by atoms with Gasteiger partial charge in [-0.25, -0.2) is 14.4 Å². The zero-order valence-electron chi connectivity index (χ0n) is 18.5. The van der Waals surface area contributed by atoms with Crippen molar-refractivity contribution < 1.29 is 31.2 Å². The molecule has 2 N–H and O–H groups in total. The highest BCUT2D eigenvalue weighted by Crippen LogP contribution is 2.47. The summed E-state index contributed by atoms with van der Waals surface area (Å²) >= 11 is 0. The molecule has 2 aromatic heterocycles. The number of alkyl halides is 3. The number of hydrogen-bond acceptors (Lipinski definition) is 8. The quantitative estimate of drug-likeness (QED) is 0.263. The number of aromatic nitrogens is 3. The second-order valence-corrected chi connectivity index (χ2v) is 9.22. The number of halogens is 4. The van der Waals surface area contributed by atoms with Crippen LogP contribution >= 0.6 is 7.60 Å². The summed E-state index contributed by atoms with van der Waals surface area (Å²) in [6.45, 7) is 2.57. The van der Waals surface area contributed by atoms with Crippen LogP contribution in [0.5, 0.6) is 0 Å². The molecule has 1 aromatic carbocycles. The van der Waals surface area contributed by atoms with Crippen LogP contribution in [-0.4, -0.2) is 53.6 Å². The Morgan fingerprint density at radius 1 is 0.941 bits per heavy atom. The molecule has 0 fully saturated rings. The normalized spacial score (nSPS) is 12.2. The smallest absolute Gasteiger partial charge is 0.359 e. The first-order valence-corrected chi connectivity index (χ1v) is 12.2. The molecule has 0 aliphatic rings. The van der Waals surface area contributed by atoms with Gasteiger partial charge in [-0.1, -0.05) is 0 Å². The van der Waals surface area contributed by atoms with Crippen LogP contribution in [0.2, 0.25) is 0 Å². The standard InChI is InChI=1S/C21H24F4N5O3P/c1-3-32-34(31,33-4-2)12-11-26-20-29-17-10-9-16(14-5-7-15(22)8-6-14)28-18(17)19(30-20)27-13-21(23,24)25/h5-10H,3-4,11-13H2,1-2H3,(H2,26,27,29,30). The average molecular weight is 501 g/mol. The highest BCUT2D eigenvalue weighted by atomic mass is 31.2. The first-order chi connectivity index (χ1) is 16.1. The minimum absolute atomic E-state index is 0.0170. The van der Waals surface area contributed by atoms with E-state index >= 15 is 0 Å². The molecular formula is C21H24F4N5O3P. The summed E-state index contributed by atoms with van der Waals surface area (Å²) in [5.74, 6) is -0.533. The van der Waals surface area contributed by atoms with Gasteiger partial charge in [0.15, 0.2) is 5.82 Å². The fourth-order valence-electron chi connectivity index (χ4n) is 3.05. The van der Waals surface area contributed by atoms with Gasteiger partial charge in [-0.15, -0.1) is 0 Å². The first kappa shape index (κ1) is 25.8. The molecule has 0 amide bonds. The van der Waals surface area contributed by atoms with Crippen molar-refractivity contribution in [3.8, 4) is 11.3 Å². The lowest BCUT2D eigenvalue weighted by molar-refractivity contribution is -0.115. The molecular weight excluding hydrogens is 477 g/mol. The summed E-state index contributed by atoms with van der Waals surface area (Å²) in [4.78, 5) is 12.8. The molecule has 0 saturated heterocycles. The third kappa shape index (κ3) is 7.09. The Labute approximate surface area is 193 Å². The summed E-state index contributed by atoms with van der Waals surface area (Å²) in [6.07, 6.45) is -4.47. The maximum Gasteiger partial charge on any atom is 0.405 e.